The number of aromatic nitrogens is 2. The number of amides is 4. The first kappa shape index (κ1) is 17.5. The molecule has 0 aromatic carbocycles. The summed E-state index contributed by atoms with van der Waals surface area (Å²) in [5.74, 6) is -0.803. The molecule has 2 saturated heterocycles. The third kappa shape index (κ3) is 2.03. The van der Waals surface area contributed by atoms with Crippen LogP contribution in [0, 0.1) is 5.41 Å². The summed E-state index contributed by atoms with van der Waals surface area (Å²) in [4.78, 5) is 66.1. The lowest BCUT2D eigenvalue weighted by molar-refractivity contribution is -0.153. The quantitative estimate of drug-likeness (QED) is 0.564. The second kappa shape index (κ2) is 5.54. The first-order valence-electron chi connectivity index (χ1n) is 8.91. The first-order chi connectivity index (χ1) is 12.7. The van der Waals surface area contributed by atoms with Gasteiger partial charge in [-0.1, -0.05) is 0 Å². The minimum atomic E-state index is -1.56. The predicted octanol–water partition coefficient (Wildman–Crippen LogP) is -1.31. The maximum Gasteiger partial charge on any atom is 0.332 e. The fourth-order valence-electron chi connectivity index (χ4n) is 4.75. The summed E-state index contributed by atoms with van der Waals surface area (Å²) in [5, 5.41) is 2.27. The number of hydrogen-bond acceptors (Lipinski definition) is 6. The molecule has 10 nitrogen and oxygen atoms in total. The van der Waals surface area contributed by atoms with Gasteiger partial charge in [-0.25, -0.2) is 9.59 Å². The van der Waals surface area contributed by atoms with Crippen molar-refractivity contribution in [2.75, 3.05) is 18.5 Å². The number of rotatable bonds is 0. The maximum atomic E-state index is 13.2. The average Bonchev–Trinajstić information content (AvgIpc) is 2.67. The Bertz CT molecular complexity index is 1010. The van der Waals surface area contributed by atoms with Crippen LogP contribution in [0.15, 0.2) is 9.59 Å². The van der Waals surface area contributed by atoms with Crippen LogP contribution in [0.25, 0.3) is 0 Å². The third-order valence-corrected chi connectivity index (χ3v) is 6.14. The highest BCUT2D eigenvalue weighted by Crippen LogP contribution is 2.45. The number of hydrogen-bond donors (Lipinski definition) is 1. The number of imide groups is 2. The Labute approximate surface area is 154 Å². The summed E-state index contributed by atoms with van der Waals surface area (Å²) < 4.78 is 2.39. The molecular formula is C17H21N5O5. The topological polar surface area (TPSA) is 114 Å². The first-order valence-corrected chi connectivity index (χ1v) is 8.91. The molecule has 0 saturated carbocycles. The molecule has 2 fully saturated rings. The molecule has 4 rings (SSSR count). The van der Waals surface area contributed by atoms with Crippen LogP contribution in [0.4, 0.5) is 10.6 Å². The van der Waals surface area contributed by atoms with Gasteiger partial charge < -0.3 is 4.90 Å². The van der Waals surface area contributed by atoms with Crippen LogP contribution in [0.5, 0.6) is 0 Å². The Hall–Kier alpha value is -2.91. The van der Waals surface area contributed by atoms with Crippen molar-refractivity contribution in [3.8, 4) is 0 Å². The van der Waals surface area contributed by atoms with Crippen molar-refractivity contribution in [2.45, 2.75) is 31.7 Å². The molecule has 144 valence electrons. The van der Waals surface area contributed by atoms with Crippen LogP contribution >= 0.6 is 0 Å². The number of carbonyl (C=O) groups excluding carboxylic acids is 3. The number of piperidine rings is 1. The van der Waals surface area contributed by atoms with Gasteiger partial charge >= 0.3 is 11.7 Å². The zero-order valence-corrected chi connectivity index (χ0v) is 15.4. The molecule has 0 aliphatic carbocycles. The van der Waals surface area contributed by atoms with E-state index >= 15 is 0 Å². The average molecular weight is 375 g/mol. The fourth-order valence-corrected chi connectivity index (χ4v) is 4.75. The van der Waals surface area contributed by atoms with E-state index in [0.717, 1.165) is 22.3 Å². The van der Waals surface area contributed by atoms with Gasteiger partial charge in [0.15, 0.2) is 5.41 Å². The molecule has 27 heavy (non-hydrogen) atoms. The van der Waals surface area contributed by atoms with Crippen LogP contribution in [0.1, 0.15) is 24.8 Å². The lowest BCUT2D eigenvalue weighted by Crippen LogP contribution is -2.73. The van der Waals surface area contributed by atoms with Crippen molar-refractivity contribution in [1.29, 1.82) is 0 Å². The Balaban J connectivity index is 2.02. The van der Waals surface area contributed by atoms with E-state index in [2.05, 4.69) is 5.32 Å². The van der Waals surface area contributed by atoms with E-state index in [1.807, 2.05) is 4.90 Å². The number of carbonyl (C=O) groups is 3. The van der Waals surface area contributed by atoms with Gasteiger partial charge in [-0.2, -0.15) is 0 Å². The van der Waals surface area contributed by atoms with Crippen molar-refractivity contribution in [1.82, 2.24) is 19.4 Å². The molecule has 4 amide bonds. The minimum Gasteiger partial charge on any atom is -0.353 e. The SMILES string of the molecule is CN1C(=O)NC(=O)C2(Cc3c(n(C)c(=O)n(C)c3=O)N3CCCCC32)C1=O. The van der Waals surface area contributed by atoms with Crippen LogP contribution < -0.4 is 21.5 Å². The molecule has 10 heteroatoms. The highest BCUT2D eigenvalue weighted by atomic mass is 16.2. The predicted molar refractivity (Wildman–Crippen MR) is 94.4 cm³/mol. The smallest absolute Gasteiger partial charge is 0.332 e. The van der Waals surface area contributed by atoms with E-state index in [0.29, 0.717) is 18.8 Å². The summed E-state index contributed by atoms with van der Waals surface area (Å²) in [6.45, 7) is 0.526. The number of barbiturate groups is 1. The molecule has 0 bridgehead atoms. The van der Waals surface area contributed by atoms with E-state index in [-0.39, 0.29) is 12.0 Å². The molecule has 3 aliphatic rings. The van der Waals surface area contributed by atoms with Crippen LogP contribution in [0.3, 0.4) is 0 Å². The molecule has 4 heterocycles. The molecule has 2 unspecified atom stereocenters. The molecule has 1 N–H and O–H groups in total. The number of urea groups is 1. The van der Waals surface area contributed by atoms with Crippen molar-refractivity contribution in [2.24, 2.45) is 19.5 Å². The van der Waals surface area contributed by atoms with Crippen molar-refractivity contribution in [3.63, 3.8) is 0 Å². The van der Waals surface area contributed by atoms with Crippen molar-refractivity contribution in [3.05, 3.63) is 26.4 Å². The maximum absolute atomic E-state index is 13.2. The van der Waals surface area contributed by atoms with Gasteiger partial charge in [0.05, 0.1) is 11.6 Å². The van der Waals surface area contributed by atoms with E-state index in [1.54, 1.807) is 7.05 Å². The summed E-state index contributed by atoms with van der Waals surface area (Å²) in [6, 6.07) is -1.28. The van der Waals surface area contributed by atoms with Gasteiger partial charge in [-0.05, 0) is 19.3 Å². The van der Waals surface area contributed by atoms with Gasteiger partial charge in [-0.15, -0.1) is 0 Å². The highest BCUT2D eigenvalue weighted by molar-refractivity contribution is 6.20. The molecule has 0 radical (unpaired) electrons. The highest BCUT2D eigenvalue weighted by Gasteiger charge is 2.62. The third-order valence-electron chi connectivity index (χ3n) is 6.14. The minimum absolute atomic E-state index is 0.132. The van der Waals surface area contributed by atoms with Gasteiger partial charge in [0.1, 0.15) is 5.82 Å². The van der Waals surface area contributed by atoms with Gasteiger partial charge in [0.2, 0.25) is 11.8 Å². The summed E-state index contributed by atoms with van der Waals surface area (Å²) in [6.07, 6.45) is 2.06. The monoisotopic (exact) mass is 375 g/mol. The molecule has 2 atom stereocenters. The summed E-state index contributed by atoms with van der Waals surface area (Å²) in [7, 11) is 4.29. The number of anilines is 1. The normalized spacial score (nSPS) is 27.5. The fraction of sp³-hybridized carbons (Fsp3) is 0.588. The number of nitrogens with zero attached hydrogens (tertiary/aromatic N) is 4. The Morgan fingerprint density at radius 2 is 1.70 bits per heavy atom. The molecule has 1 aromatic heterocycles. The molecule has 3 aliphatic heterocycles. The van der Waals surface area contributed by atoms with Crippen molar-refractivity contribution < 1.29 is 14.4 Å². The zero-order valence-electron chi connectivity index (χ0n) is 15.4. The van der Waals surface area contributed by atoms with Crippen LogP contribution in [-0.4, -0.2) is 51.5 Å². The van der Waals surface area contributed by atoms with E-state index in [9.17, 15) is 24.0 Å². The molecular weight excluding hydrogens is 354 g/mol. The van der Waals surface area contributed by atoms with Crippen molar-refractivity contribution >= 4 is 23.7 Å². The Morgan fingerprint density at radius 1 is 1.00 bits per heavy atom. The molecule has 1 spiro atoms. The second-order valence-electron chi connectivity index (χ2n) is 7.48. The Morgan fingerprint density at radius 3 is 2.41 bits per heavy atom. The van der Waals surface area contributed by atoms with E-state index < -0.39 is 40.6 Å². The van der Waals surface area contributed by atoms with Gasteiger partial charge in [-0.3, -0.25) is 33.7 Å². The standard InChI is InChI=1S/C17H21N5O5/c1-19-11-9(12(23)20(2)16(19)27)8-17(10-6-4-5-7-22(10)11)13(24)18-15(26)21(3)14(17)25/h10H,4-8H2,1-3H3,(H,18,24,26). The van der Waals surface area contributed by atoms with Gasteiger partial charge in [0, 0.05) is 34.1 Å². The second-order valence-corrected chi connectivity index (χ2v) is 7.48. The summed E-state index contributed by atoms with van der Waals surface area (Å²) in [5.41, 5.74) is -2.27. The lowest BCUT2D eigenvalue weighted by Gasteiger charge is -2.53. The van der Waals surface area contributed by atoms with E-state index in [4.69, 9.17) is 0 Å². The summed E-state index contributed by atoms with van der Waals surface area (Å²) >= 11 is 0. The van der Waals surface area contributed by atoms with Crippen LogP contribution in [0.2, 0.25) is 0 Å². The number of nitrogens with one attached hydrogen (secondary N) is 1. The largest absolute Gasteiger partial charge is 0.353 e. The van der Waals surface area contributed by atoms with Gasteiger partial charge in [0.25, 0.3) is 5.56 Å². The Kier molecular flexibility index (Phi) is 3.59. The lowest BCUT2D eigenvalue weighted by atomic mass is 9.67. The number of fused-ring (bicyclic) bond motifs is 4. The zero-order chi connectivity index (χ0) is 19.7. The van der Waals surface area contributed by atoms with Crippen LogP contribution in [-0.2, 0) is 30.1 Å². The van der Waals surface area contributed by atoms with E-state index in [1.165, 1.54) is 18.7 Å². The molecule has 1 aromatic rings.